The maximum absolute atomic E-state index is 11.3. The maximum atomic E-state index is 11.3. The number of phenolic OH excluding ortho intramolecular Hbond substituents is 1. The van der Waals surface area contributed by atoms with Gasteiger partial charge in [0.1, 0.15) is 0 Å². The van der Waals surface area contributed by atoms with Crippen LogP contribution in [0.3, 0.4) is 0 Å². The molecular weight excluding hydrogens is 352 g/mol. The van der Waals surface area contributed by atoms with Gasteiger partial charge in [-0.1, -0.05) is 60.7 Å². The molecule has 5 nitrogen and oxygen atoms in total. The summed E-state index contributed by atoms with van der Waals surface area (Å²) < 4.78 is 0. The molecule has 28 heavy (non-hydrogen) atoms. The number of nitro groups is 1. The van der Waals surface area contributed by atoms with Crippen LogP contribution in [0.2, 0.25) is 0 Å². The Balaban J connectivity index is 1.73. The molecule has 0 aromatic heterocycles. The molecule has 4 rings (SSSR count). The summed E-state index contributed by atoms with van der Waals surface area (Å²) in [6.45, 7) is 2.43. The van der Waals surface area contributed by atoms with E-state index in [9.17, 15) is 15.2 Å². The van der Waals surface area contributed by atoms with Crippen molar-refractivity contribution < 1.29 is 10.0 Å². The van der Waals surface area contributed by atoms with E-state index in [0.29, 0.717) is 6.42 Å². The zero-order valence-corrected chi connectivity index (χ0v) is 15.5. The predicted molar refractivity (Wildman–Crippen MR) is 108 cm³/mol. The van der Waals surface area contributed by atoms with E-state index in [4.69, 9.17) is 0 Å². The Labute approximate surface area is 164 Å². The van der Waals surface area contributed by atoms with Gasteiger partial charge >= 0.3 is 5.69 Å². The Hall–Kier alpha value is -3.18. The van der Waals surface area contributed by atoms with Gasteiger partial charge in [0.25, 0.3) is 0 Å². The monoisotopic (exact) mass is 374 g/mol. The van der Waals surface area contributed by atoms with Crippen LogP contribution in [-0.2, 0) is 13.0 Å². The van der Waals surface area contributed by atoms with Crippen molar-refractivity contribution in [2.75, 3.05) is 13.1 Å². The van der Waals surface area contributed by atoms with Gasteiger partial charge in [-0.05, 0) is 34.7 Å². The Morgan fingerprint density at radius 3 is 2.39 bits per heavy atom. The first-order valence-electron chi connectivity index (χ1n) is 9.43. The van der Waals surface area contributed by atoms with Gasteiger partial charge in [0.15, 0.2) is 5.75 Å². The zero-order valence-electron chi connectivity index (χ0n) is 15.5. The number of phenols is 1. The lowest BCUT2D eigenvalue weighted by Gasteiger charge is -2.25. The normalized spacial score (nSPS) is 16.9. The molecule has 0 radical (unpaired) electrons. The summed E-state index contributed by atoms with van der Waals surface area (Å²) in [5.41, 5.74) is 4.09. The van der Waals surface area contributed by atoms with Crippen molar-refractivity contribution in [2.45, 2.75) is 18.9 Å². The van der Waals surface area contributed by atoms with Gasteiger partial charge in [0, 0.05) is 31.6 Å². The van der Waals surface area contributed by atoms with E-state index in [-0.39, 0.29) is 17.4 Å². The molecule has 0 spiro atoms. The first-order valence-corrected chi connectivity index (χ1v) is 9.43. The first kappa shape index (κ1) is 18.2. The van der Waals surface area contributed by atoms with E-state index in [1.54, 1.807) is 12.1 Å². The first-order chi connectivity index (χ1) is 13.6. The van der Waals surface area contributed by atoms with Crippen molar-refractivity contribution in [3.05, 3.63) is 105 Å². The van der Waals surface area contributed by atoms with Gasteiger partial charge in [-0.15, -0.1) is 0 Å². The Morgan fingerprint density at radius 1 is 1.04 bits per heavy atom. The number of nitro benzene ring substituents is 1. The van der Waals surface area contributed by atoms with Crippen LogP contribution in [0.4, 0.5) is 5.69 Å². The van der Waals surface area contributed by atoms with Gasteiger partial charge in [-0.25, -0.2) is 0 Å². The highest BCUT2D eigenvalue weighted by molar-refractivity contribution is 5.54. The number of nitrogens with zero attached hydrogens (tertiary/aromatic N) is 2. The Morgan fingerprint density at radius 2 is 1.71 bits per heavy atom. The fraction of sp³-hybridized carbons (Fsp3) is 0.217. The predicted octanol–water partition coefficient (Wildman–Crippen LogP) is 4.49. The Bertz CT molecular complexity index is 974. The standard InChI is InChI=1S/C23H22N2O3/c26-23-14-20-19(13-22(23)25(27)28)11-12-24(15-17-7-3-1-4-8-17)16-21(20)18-9-5-2-6-10-18/h1-10,13-14,21,26H,11-12,15-16H2. The van der Waals surface area contributed by atoms with Crippen molar-refractivity contribution >= 4 is 5.69 Å². The zero-order chi connectivity index (χ0) is 19.5. The van der Waals surface area contributed by atoms with Crippen molar-refractivity contribution in [3.63, 3.8) is 0 Å². The van der Waals surface area contributed by atoms with Crippen molar-refractivity contribution in [2.24, 2.45) is 0 Å². The second kappa shape index (κ2) is 7.82. The van der Waals surface area contributed by atoms with E-state index >= 15 is 0 Å². The molecule has 1 N–H and O–H groups in total. The van der Waals surface area contributed by atoms with Crippen molar-refractivity contribution in [1.82, 2.24) is 4.90 Å². The fourth-order valence-corrected chi connectivity index (χ4v) is 4.01. The summed E-state index contributed by atoms with van der Waals surface area (Å²) in [6.07, 6.45) is 0.715. The molecule has 142 valence electrons. The summed E-state index contributed by atoms with van der Waals surface area (Å²) in [7, 11) is 0. The minimum absolute atomic E-state index is 0.0501. The highest BCUT2D eigenvalue weighted by Gasteiger charge is 2.28. The lowest BCUT2D eigenvalue weighted by atomic mass is 9.87. The Kier molecular flexibility index (Phi) is 5.08. The van der Waals surface area contributed by atoms with Gasteiger partial charge in [-0.2, -0.15) is 0 Å². The van der Waals surface area contributed by atoms with Crippen molar-refractivity contribution in [3.8, 4) is 5.75 Å². The fourth-order valence-electron chi connectivity index (χ4n) is 4.01. The summed E-state index contributed by atoms with van der Waals surface area (Å²) in [6, 6.07) is 23.6. The van der Waals surface area contributed by atoms with E-state index < -0.39 is 4.92 Å². The number of hydrogen-bond donors (Lipinski definition) is 1. The third-order valence-electron chi connectivity index (χ3n) is 5.40. The van der Waals surface area contributed by atoms with Crippen molar-refractivity contribution in [1.29, 1.82) is 0 Å². The average molecular weight is 374 g/mol. The second-order valence-electron chi connectivity index (χ2n) is 7.23. The van der Waals surface area contributed by atoms with E-state index in [1.807, 2.05) is 36.4 Å². The number of rotatable bonds is 4. The minimum Gasteiger partial charge on any atom is -0.502 e. The molecule has 0 fully saturated rings. The van der Waals surface area contributed by atoms with Gasteiger partial charge in [-0.3, -0.25) is 15.0 Å². The molecule has 1 aliphatic rings. The van der Waals surface area contributed by atoms with Gasteiger partial charge in [0.05, 0.1) is 4.92 Å². The van der Waals surface area contributed by atoms with E-state index in [2.05, 4.69) is 29.2 Å². The smallest absolute Gasteiger partial charge is 0.310 e. The summed E-state index contributed by atoms with van der Waals surface area (Å²) in [4.78, 5) is 13.2. The molecule has 0 saturated heterocycles. The summed E-state index contributed by atoms with van der Waals surface area (Å²) in [5.74, 6) is -0.213. The maximum Gasteiger partial charge on any atom is 0.310 e. The van der Waals surface area contributed by atoms with Crippen LogP contribution < -0.4 is 0 Å². The third-order valence-corrected chi connectivity index (χ3v) is 5.40. The van der Waals surface area contributed by atoms with Crippen LogP contribution >= 0.6 is 0 Å². The van der Waals surface area contributed by atoms with Crippen LogP contribution in [0.15, 0.2) is 72.8 Å². The molecule has 1 unspecified atom stereocenters. The number of benzene rings is 3. The number of aromatic hydroxyl groups is 1. The SMILES string of the molecule is O=[N+]([O-])c1cc2c(cc1O)C(c1ccccc1)CN(Cc1ccccc1)CC2. The van der Waals surface area contributed by atoms with Crippen LogP contribution in [-0.4, -0.2) is 28.0 Å². The summed E-state index contributed by atoms with van der Waals surface area (Å²) >= 11 is 0. The van der Waals surface area contributed by atoms with Crippen LogP contribution in [0, 0.1) is 10.1 Å². The largest absolute Gasteiger partial charge is 0.502 e. The van der Waals surface area contributed by atoms with Gasteiger partial charge < -0.3 is 5.11 Å². The topological polar surface area (TPSA) is 66.6 Å². The van der Waals surface area contributed by atoms with E-state index in [0.717, 1.165) is 36.3 Å². The number of hydrogen-bond acceptors (Lipinski definition) is 4. The molecule has 1 heterocycles. The molecule has 1 atom stereocenters. The molecule has 5 heteroatoms. The molecule has 3 aromatic carbocycles. The molecule has 0 aliphatic carbocycles. The highest BCUT2D eigenvalue weighted by atomic mass is 16.6. The quantitative estimate of drug-likeness (QED) is 0.540. The van der Waals surface area contributed by atoms with E-state index in [1.165, 1.54) is 5.56 Å². The molecule has 0 amide bonds. The van der Waals surface area contributed by atoms with Crippen LogP contribution in [0.1, 0.15) is 28.2 Å². The molecule has 0 bridgehead atoms. The lowest BCUT2D eigenvalue weighted by Crippen LogP contribution is -2.28. The molecular formula is C23H22N2O3. The van der Waals surface area contributed by atoms with Crippen LogP contribution in [0.5, 0.6) is 5.75 Å². The minimum atomic E-state index is -0.514. The summed E-state index contributed by atoms with van der Waals surface area (Å²) in [5, 5.41) is 21.5. The lowest BCUT2D eigenvalue weighted by molar-refractivity contribution is -0.385. The van der Waals surface area contributed by atoms with Crippen LogP contribution in [0.25, 0.3) is 0 Å². The highest BCUT2D eigenvalue weighted by Crippen LogP contribution is 2.38. The second-order valence-corrected chi connectivity index (χ2v) is 7.23. The van der Waals surface area contributed by atoms with Gasteiger partial charge in [0.2, 0.25) is 0 Å². The number of fused-ring (bicyclic) bond motifs is 1. The third kappa shape index (κ3) is 3.75. The molecule has 3 aromatic rings. The molecule has 0 saturated carbocycles. The molecule has 1 aliphatic heterocycles. The average Bonchev–Trinajstić information content (AvgIpc) is 2.88.